The van der Waals surface area contributed by atoms with Crippen molar-refractivity contribution < 1.29 is 14.3 Å². The molecule has 1 heterocycles. The zero-order valence-electron chi connectivity index (χ0n) is 17.9. The third-order valence-electron chi connectivity index (χ3n) is 5.47. The van der Waals surface area contributed by atoms with Crippen molar-refractivity contribution in [2.75, 3.05) is 13.2 Å². The van der Waals surface area contributed by atoms with E-state index < -0.39 is 6.16 Å². The van der Waals surface area contributed by atoms with Crippen LogP contribution in [0.3, 0.4) is 0 Å². The van der Waals surface area contributed by atoms with Gasteiger partial charge in [-0.1, -0.05) is 103 Å². The van der Waals surface area contributed by atoms with Gasteiger partial charge in [0, 0.05) is 0 Å². The Morgan fingerprint density at radius 2 is 1.26 bits per heavy atom. The molecule has 1 fully saturated rings. The van der Waals surface area contributed by atoms with Gasteiger partial charge in [-0.2, -0.15) is 0 Å². The fraction of sp³-hybridized carbons (Fsp3) is 0.957. The van der Waals surface area contributed by atoms with Crippen LogP contribution in [-0.4, -0.2) is 25.5 Å². The third-order valence-corrected chi connectivity index (χ3v) is 5.47. The second-order valence-corrected chi connectivity index (χ2v) is 8.10. The van der Waals surface area contributed by atoms with Crippen LogP contribution in [0.4, 0.5) is 4.79 Å². The number of nitrogens with one attached hydrogen (secondary N) is 1. The molecule has 1 saturated heterocycles. The molecule has 0 aromatic rings. The summed E-state index contributed by atoms with van der Waals surface area (Å²) in [5.41, 5.74) is 0. The lowest BCUT2D eigenvalue weighted by Gasteiger charge is -2.11. The van der Waals surface area contributed by atoms with Crippen molar-refractivity contribution in [2.45, 2.75) is 129 Å². The maximum atomic E-state index is 11.5. The topological polar surface area (TPSA) is 47.6 Å². The number of hydrogen-bond acceptors (Lipinski definition) is 4. The summed E-state index contributed by atoms with van der Waals surface area (Å²) in [5.74, 6) is 0. The highest BCUT2D eigenvalue weighted by molar-refractivity contribution is 5.60. The van der Waals surface area contributed by atoms with E-state index in [-0.39, 0.29) is 6.23 Å². The fourth-order valence-corrected chi connectivity index (χ4v) is 3.71. The molecule has 4 nitrogen and oxygen atoms in total. The molecule has 0 aliphatic carbocycles. The minimum absolute atomic E-state index is 0.136. The number of carbonyl (C=O) groups is 1. The Bertz CT molecular complexity index is 330. The maximum absolute atomic E-state index is 11.5. The van der Waals surface area contributed by atoms with Gasteiger partial charge in [0.25, 0.3) is 0 Å². The van der Waals surface area contributed by atoms with E-state index in [2.05, 4.69) is 12.2 Å². The Hall–Kier alpha value is -0.770. The molecule has 1 unspecified atom stereocenters. The largest absolute Gasteiger partial charge is 0.509 e. The number of unbranched alkanes of at least 4 members (excludes halogenated alkanes) is 15. The standard InChI is InChI=1S/C23H45NO3/c1-2-3-4-5-6-7-8-9-10-11-12-13-14-15-16-17-21-26-23(25)27-22-19-18-20-24-22/h22,24H,2-21H2,1H3. The van der Waals surface area contributed by atoms with E-state index in [0.29, 0.717) is 6.61 Å². The molecule has 0 bridgehead atoms. The molecule has 0 aromatic carbocycles. The smallest absolute Gasteiger partial charge is 0.434 e. The van der Waals surface area contributed by atoms with Crippen LogP contribution in [0.1, 0.15) is 122 Å². The van der Waals surface area contributed by atoms with Crippen LogP contribution in [0.15, 0.2) is 0 Å². The van der Waals surface area contributed by atoms with E-state index in [1.807, 2.05) is 0 Å². The Morgan fingerprint density at radius 1 is 0.778 bits per heavy atom. The summed E-state index contributed by atoms with van der Waals surface area (Å²) < 4.78 is 10.3. The molecule has 1 aliphatic heterocycles. The van der Waals surface area contributed by atoms with E-state index in [4.69, 9.17) is 9.47 Å². The van der Waals surface area contributed by atoms with Crippen molar-refractivity contribution >= 4 is 6.16 Å². The molecular formula is C23H45NO3. The molecule has 160 valence electrons. The van der Waals surface area contributed by atoms with Gasteiger partial charge >= 0.3 is 6.16 Å². The fourth-order valence-electron chi connectivity index (χ4n) is 3.71. The number of ether oxygens (including phenoxy) is 2. The summed E-state index contributed by atoms with van der Waals surface area (Å²) in [4.78, 5) is 11.5. The minimum atomic E-state index is -0.518. The van der Waals surface area contributed by atoms with Gasteiger partial charge in [0.2, 0.25) is 0 Å². The first kappa shape index (κ1) is 24.3. The predicted octanol–water partition coefficient (Wildman–Crippen LogP) is 7.11. The molecule has 1 N–H and O–H groups in total. The van der Waals surface area contributed by atoms with Crippen LogP contribution >= 0.6 is 0 Å². The summed E-state index contributed by atoms with van der Waals surface area (Å²) in [6.45, 7) is 3.70. The Balaban J connectivity index is 1.69. The SMILES string of the molecule is CCCCCCCCCCCCCCCCCCOC(=O)OC1CCCN1. The summed E-state index contributed by atoms with van der Waals surface area (Å²) in [6, 6.07) is 0. The monoisotopic (exact) mass is 383 g/mol. The highest BCUT2D eigenvalue weighted by atomic mass is 16.7. The average molecular weight is 384 g/mol. The van der Waals surface area contributed by atoms with E-state index in [1.54, 1.807) is 0 Å². The second kappa shape index (κ2) is 18.6. The lowest BCUT2D eigenvalue weighted by atomic mass is 10.0. The van der Waals surface area contributed by atoms with Crippen LogP contribution in [-0.2, 0) is 9.47 Å². The van der Waals surface area contributed by atoms with E-state index >= 15 is 0 Å². The first-order valence-electron chi connectivity index (χ1n) is 11.9. The number of rotatable bonds is 18. The molecule has 0 aromatic heterocycles. The van der Waals surface area contributed by atoms with Crippen molar-refractivity contribution in [3.05, 3.63) is 0 Å². The lowest BCUT2D eigenvalue weighted by molar-refractivity contribution is 0.0179. The summed E-state index contributed by atoms with van der Waals surface area (Å²) in [6.07, 6.45) is 22.9. The Labute approximate surface area is 168 Å². The quantitative estimate of drug-likeness (QED) is 0.202. The lowest BCUT2D eigenvalue weighted by Crippen LogP contribution is -2.28. The third kappa shape index (κ3) is 15.9. The van der Waals surface area contributed by atoms with E-state index in [9.17, 15) is 4.79 Å². The molecule has 4 heteroatoms. The number of carbonyl (C=O) groups excluding carboxylic acids is 1. The molecule has 0 amide bonds. The highest BCUT2D eigenvalue weighted by Gasteiger charge is 2.18. The molecule has 0 radical (unpaired) electrons. The molecule has 0 spiro atoms. The van der Waals surface area contributed by atoms with Crippen LogP contribution in [0.25, 0.3) is 0 Å². The summed E-state index contributed by atoms with van der Waals surface area (Å²) in [5, 5.41) is 3.12. The van der Waals surface area contributed by atoms with Crippen molar-refractivity contribution in [2.24, 2.45) is 0 Å². The first-order chi connectivity index (χ1) is 13.3. The van der Waals surface area contributed by atoms with Gasteiger partial charge in [-0.25, -0.2) is 4.79 Å². The van der Waals surface area contributed by atoms with Crippen molar-refractivity contribution in [3.8, 4) is 0 Å². The van der Waals surface area contributed by atoms with Gasteiger partial charge in [0.15, 0.2) is 6.23 Å². The van der Waals surface area contributed by atoms with E-state index in [0.717, 1.165) is 32.2 Å². The van der Waals surface area contributed by atoms with E-state index in [1.165, 1.54) is 89.9 Å². The predicted molar refractivity (Wildman–Crippen MR) is 113 cm³/mol. The summed E-state index contributed by atoms with van der Waals surface area (Å²) in [7, 11) is 0. The molecule has 1 atom stereocenters. The first-order valence-corrected chi connectivity index (χ1v) is 11.9. The zero-order valence-corrected chi connectivity index (χ0v) is 17.9. The van der Waals surface area contributed by atoms with Gasteiger partial charge in [0.05, 0.1) is 6.61 Å². The van der Waals surface area contributed by atoms with Crippen LogP contribution in [0.2, 0.25) is 0 Å². The highest BCUT2D eigenvalue weighted by Crippen LogP contribution is 2.14. The van der Waals surface area contributed by atoms with Gasteiger partial charge in [0.1, 0.15) is 0 Å². The molecule has 0 saturated carbocycles. The Kier molecular flexibility index (Phi) is 16.7. The normalized spacial score (nSPS) is 16.6. The minimum Gasteiger partial charge on any atom is -0.434 e. The van der Waals surface area contributed by atoms with Crippen LogP contribution in [0, 0.1) is 0 Å². The van der Waals surface area contributed by atoms with Gasteiger partial charge in [-0.05, 0) is 25.8 Å². The zero-order chi connectivity index (χ0) is 19.4. The van der Waals surface area contributed by atoms with Crippen molar-refractivity contribution in [1.29, 1.82) is 0 Å². The summed E-state index contributed by atoms with van der Waals surface area (Å²) >= 11 is 0. The maximum Gasteiger partial charge on any atom is 0.509 e. The second-order valence-electron chi connectivity index (χ2n) is 8.10. The molecule has 27 heavy (non-hydrogen) atoms. The van der Waals surface area contributed by atoms with Gasteiger partial charge < -0.3 is 9.47 Å². The number of hydrogen-bond donors (Lipinski definition) is 1. The van der Waals surface area contributed by atoms with Crippen molar-refractivity contribution in [3.63, 3.8) is 0 Å². The molecular weight excluding hydrogens is 338 g/mol. The van der Waals surface area contributed by atoms with Gasteiger partial charge in [-0.15, -0.1) is 0 Å². The van der Waals surface area contributed by atoms with Crippen LogP contribution < -0.4 is 5.32 Å². The Morgan fingerprint density at radius 3 is 1.70 bits per heavy atom. The van der Waals surface area contributed by atoms with Crippen molar-refractivity contribution in [1.82, 2.24) is 5.32 Å². The molecule has 1 rings (SSSR count). The van der Waals surface area contributed by atoms with Gasteiger partial charge in [-0.3, -0.25) is 5.32 Å². The average Bonchev–Trinajstić information content (AvgIpc) is 3.17. The van der Waals surface area contributed by atoms with Crippen LogP contribution in [0.5, 0.6) is 0 Å². The molecule has 1 aliphatic rings.